The van der Waals surface area contributed by atoms with Crippen molar-refractivity contribution in [3.8, 4) is 5.75 Å². The third kappa shape index (κ3) is 5.08. The Bertz CT molecular complexity index is 1040. The first kappa shape index (κ1) is 20.3. The van der Waals surface area contributed by atoms with Crippen molar-refractivity contribution in [2.45, 2.75) is 13.8 Å². The van der Waals surface area contributed by atoms with E-state index < -0.39 is 0 Å². The van der Waals surface area contributed by atoms with Crippen molar-refractivity contribution in [3.63, 3.8) is 0 Å². The van der Waals surface area contributed by atoms with Crippen LogP contribution in [0.25, 0.3) is 6.08 Å². The number of amides is 2. The van der Waals surface area contributed by atoms with Crippen LogP contribution in [-0.4, -0.2) is 23.9 Å². The van der Waals surface area contributed by atoms with Gasteiger partial charge in [-0.3, -0.25) is 14.5 Å². The van der Waals surface area contributed by atoms with Gasteiger partial charge in [-0.15, -0.1) is 11.3 Å². The second kappa shape index (κ2) is 9.16. The van der Waals surface area contributed by atoms with Crippen molar-refractivity contribution >= 4 is 45.7 Å². The number of para-hydroxylation sites is 1. The van der Waals surface area contributed by atoms with E-state index in [-0.39, 0.29) is 11.8 Å². The number of thiazole rings is 1. The summed E-state index contributed by atoms with van der Waals surface area (Å²) in [5.41, 5.74) is 2.96. The van der Waals surface area contributed by atoms with Crippen molar-refractivity contribution in [1.29, 1.82) is 0 Å². The van der Waals surface area contributed by atoms with Crippen molar-refractivity contribution < 1.29 is 14.3 Å². The summed E-state index contributed by atoms with van der Waals surface area (Å²) >= 11 is 1.34. The molecule has 0 aliphatic heterocycles. The summed E-state index contributed by atoms with van der Waals surface area (Å²) in [6.45, 7) is 3.43. The lowest BCUT2D eigenvalue weighted by atomic mass is 10.2. The van der Waals surface area contributed by atoms with Crippen LogP contribution in [0.1, 0.15) is 18.2 Å². The SMILES string of the molecule is COc1ccc(C)cc1NC(=O)/C=C/c1csc(N(C(C)=O)c2ccccc2)n1. The Morgan fingerprint density at radius 1 is 1.17 bits per heavy atom. The van der Waals surface area contributed by atoms with Gasteiger partial charge in [-0.1, -0.05) is 24.3 Å². The molecule has 0 unspecified atom stereocenters. The van der Waals surface area contributed by atoms with Gasteiger partial charge >= 0.3 is 0 Å². The molecule has 0 aliphatic rings. The van der Waals surface area contributed by atoms with Gasteiger partial charge in [0.2, 0.25) is 11.8 Å². The van der Waals surface area contributed by atoms with E-state index in [1.165, 1.54) is 24.3 Å². The van der Waals surface area contributed by atoms with Crippen LogP contribution in [0, 0.1) is 6.92 Å². The van der Waals surface area contributed by atoms with Gasteiger partial charge < -0.3 is 10.1 Å². The Hall–Kier alpha value is -3.45. The zero-order valence-corrected chi connectivity index (χ0v) is 17.2. The Morgan fingerprint density at radius 3 is 2.62 bits per heavy atom. The summed E-state index contributed by atoms with van der Waals surface area (Å²) in [4.78, 5) is 30.4. The summed E-state index contributed by atoms with van der Waals surface area (Å²) in [5.74, 6) is 0.161. The van der Waals surface area contributed by atoms with E-state index in [0.717, 1.165) is 11.3 Å². The molecule has 7 heteroatoms. The van der Waals surface area contributed by atoms with Crippen LogP contribution in [0.5, 0.6) is 5.75 Å². The molecule has 0 saturated heterocycles. The highest BCUT2D eigenvalue weighted by molar-refractivity contribution is 7.14. The predicted octanol–water partition coefficient (Wildman–Crippen LogP) is 4.80. The standard InChI is InChI=1S/C22H21N3O3S/c1-15-9-11-20(28-3)19(13-15)24-21(27)12-10-17-14-29-22(23-17)25(16(2)26)18-7-5-4-6-8-18/h4-14H,1-3H3,(H,24,27)/b12-10+. The molecule has 2 aromatic carbocycles. The normalized spacial score (nSPS) is 10.7. The summed E-state index contributed by atoms with van der Waals surface area (Å²) in [6.07, 6.45) is 3.02. The van der Waals surface area contributed by atoms with E-state index in [9.17, 15) is 9.59 Å². The number of aryl methyl sites for hydroxylation is 1. The third-order valence-electron chi connectivity index (χ3n) is 4.05. The van der Waals surface area contributed by atoms with Crippen LogP contribution >= 0.6 is 11.3 Å². The first-order valence-corrected chi connectivity index (χ1v) is 9.81. The summed E-state index contributed by atoms with van der Waals surface area (Å²) in [5, 5.41) is 5.15. The number of anilines is 3. The van der Waals surface area contributed by atoms with Crippen LogP contribution in [0.2, 0.25) is 0 Å². The lowest BCUT2D eigenvalue weighted by Gasteiger charge is -2.17. The molecule has 0 radical (unpaired) electrons. The van der Waals surface area contributed by atoms with Crippen LogP contribution in [-0.2, 0) is 9.59 Å². The minimum Gasteiger partial charge on any atom is -0.495 e. The number of hydrogen-bond donors (Lipinski definition) is 1. The van der Waals surface area contributed by atoms with Crippen molar-refractivity contribution in [3.05, 3.63) is 71.2 Å². The molecule has 2 amide bonds. The lowest BCUT2D eigenvalue weighted by molar-refractivity contribution is -0.116. The van der Waals surface area contributed by atoms with Gasteiger partial charge in [0.05, 0.1) is 24.2 Å². The zero-order valence-electron chi connectivity index (χ0n) is 16.4. The molecule has 0 spiro atoms. The van der Waals surface area contributed by atoms with E-state index >= 15 is 0 Å². The van der Waals surface area contributed by atoms with Crippen molar-refractivity contribution in [2.75, 3.05) is 17.3 Å². The highest BCUT2D eigenvalue weighted by Crippen LogP contribution is 2.29. The van der Waals surface area contributed by atoms with Crippen molar-refractivity contribution in [2.24, 2.45) is 0 Å². The molecule has 0 fully saturated rings. The van der Waals surface area contributed by atoms with Gasteiger partial charge in [-0.25, -0.2) is 4.98 Å². The maximum atomic E-state index is 12.3. The molecule has 1 N–H and O–H groups in total. The van der Waals surface area contributed by atoms with Crippen LogP contribution in [0.3, 0.4) is 0 Å². The Labute approximate surface area is 173 Å². The van der Waals surface area contributed by atoms with E-state index in [0.29, 0.717) is 22.3 Å². The van der Waals surface area contributed by atoms with E-state index in [4.69, 9.17) is 4.74 Å². The highest BCUT2D eigenvalue weighted by atomic mass is 32.1. The number of carbonyl (C=O) groups excluding carboxylic acids is 2. The average Bonchev–Trinajstić information content (AvgIpc) is 3.16. The fourth-order valence-corrected chi connectivity index (χ4v) is 3.57. The molecule has 6 nitrogen and oxygen atoms in total. The smallest absolute Gasteiger partial charge is 0.248 e. The first-order valence-electron chi connectivity index (χ1n) is 8.93. The molecule has 0 atom stereocenters. The number of methoxy groups -OCH3 is 1. The summed E-state index contributed by atoms with van der Waals surface area (Å²) < 4.78 is 5.27. The maximum Gasteiger partial charge on any atom is 0.248 e. The Kier molecular flexibility index (Phi) is 6.41. The Morgan fingerprint density at radius 2 is 1.93 bits per heavy atom. The number of ether oxygens (including phenoxy) is 1. The molecule has 148 valence electrons. The molecule has 1 aromatic heterocycles. The maximum absolute atomic E-state index is 12.3. The van der Waals surface area contributed by atoms with Gasteiger partial charge in [-0.05, 0) is 42.8 Å². The van der Waals surface area contributed by atoms with Gasteiger partial charge in [-0.2, -0.15) is 0 Å². The number of hydrogen-bond acceptors (Lipinski definition) is 5. The second-order valence-electron chi connectivity index (χ2n) is 6.27. The quantitative estimate of drug-likeness (QED) is 0.596. The summed E-state index contributed by atoms with van der Waals surface area (Å²) in [7, 11) is 1.56. The monoisotopic (exact) mass is 407 g/mol. The largest absolute Gasteiger partial charge is 0.495 e. The number of rotatable bonds is 6. The molecule has 1 heterocycles. The predicted molar refractivity (Wildman–Crippen MR) is 117 cm³/mol. The van der Waals surface area contributed by atoms with Crippen LogP contribution in [0.15, 0.2) is 60.0 Å². The van der Waals surface area contributed by atoms with E-state index in [1.807, 2.05) is 49.4 Å². The fourth-order valence-electron chi connectivity index (χ4n) is 2.71. The average molecular weight is 407 g/mol. The van der Waals surface area contributed by atoms with Crippen LogP contribution < -0.4 is 15.0 Å². The first-order chi connectivity index (χ1) is 14.0. The minimum atomic E-state index is -0.296. The fraction of sp³-hybridized carbons (Fsp3) is 0.136. The zero-order chi connectivity index (χ0) is 20.8. The molecule has 29 heavy (non-hydrogen) atoms. The minimum absolute atomic E-state index is 0.134. The van der Waals surface area contributed by atoms with E-state index in [1.54, 1.807) is 29.5 Å². The van der Waals surface area contributed by atoms with Gasteiger partial charge in [0.25, 0.3) is 0 Å². The molecule has 0 saturated carbocycles. The van der Waals surface area contributed by atoms with Gasteiger partial charge in [0.1, 0.15) is 5.75 Å². The van der Waals surface area contributed by atoms with Crippen LogP contribution in [0.4, 0.5) is 16.5 Å². The Balaban J connectivity index is 1.74. The summed E-state index contributed by atoms with van der Waals surface area (Å²) in [6, 6.07) is 14.9. The topological polar surface area (TPSA) is 71.5 Å². The lowest BCUT2D eigenvalue weighted by Crippen LogP contribution is -2.22. The molecule has 0 bridgehead atoms. The van der Waals surface area contributed by atoms with Gasteiger partial charge in [0.15, 0.2) is 5.13 Å². The molecular formula is C22H21N3O3S. The molecule has 0 aliphatic carbocycles. The van der Waals surface area contributed by atoms with Crippen molar-refractivity contribution in [1.82, 2.24) is 4.98 Å². The number of benzene rings is 2. The second-order valence-corrected chi connectivity index (χ2v) is 7.11. The van der Waals surface area contributed by atoms with Gasteiger partial charge in [0, 0.05) is 18.4 Å². The molecular weight excluding hydrogens is 386 g/mol. The number of nitrogens with zero attached hydrogens (tertiary/aromatic N) is 2. The number of nitrogens with one attached hydrogen (secondary N) is 1. The molecule has 3 rings (SSSR count). The highest BCUT2D eigenvalue weighted by Gasteiger charge is 2.17. The third-order valence-corrected chi connectivity index (χ3v) is 4.89. The van der Waals surface area contributed by atoms with E-state index in [2.05, 4.69) is 10.3 Å². The number of aromatic nitrogens is 1. The molecule has 3 aromatic rings. The number of carbonyl (C=O) groups is 2.